The van der Waals surface area contributed by atoms with Crippen molar-refractivity contribution in [2.45, 2.75) is 6.42 Å². The van der Waals surface area contributed by atoms with Crippen molar-refractivity contribution in [3.05, 3.63) is 84.2 Å². The highest BCUT2D eigenvalue weighted by Gasteiger charge is 2.07. The number of aromatic amines is 1. The van der Waals surface area contributed by atoms with Crippen LogP contribution in [-0.4, -0.2) is 10.8 Å². The smallest absolute Gasteiger partial charge is 0.168 e. The third-order valence-electron chi connectivity index (χ3n) is 3.33. The summed E-state index contributed by atoms with van der Waals surface area (Å²) in [5.41, 5.74) is 3.99. The van der Waals surface area contributed by atoms with Gasteiger partial charge in [-0.05, 0) is 23.3 Å². The monoisotopic (exact) mass is 261 g/mol. The van der Waals surface area contributed by atoms with Crippen molar-refractivity contribution in [2.24, 2.45) is 0 Å². The third-order valence-corrected chi connectivity index (χ3v) is 3.33. The Balaban J connectivity index is 1.78. The number of carbonyl (C=O) groups excluding carboxylic acids is 1. The number of nitrogens with one attached hydrogen (secondary N) is 1. The van der Waals surface area contributed by atoms with Crippen LogP contribution in [0, 0.1) is 0 Å². The summed E-state index contributed by atoms with van der Waals surface area (Å²) >= 11 is 0. The topological polar surface area (TPSA) is 32.9 Å². The molecule has 2 nitrogen and oxygen atoms in total. The van der Waals surface area contributed by atoms with E-state index in [2.05, 4.69) is 17.1 Å². The molecule has 0 aliphatic carbocycles. The van der Waals surface area contributed by atoms with E-state index < -0.39 is 0 Å². The molecule has 20 heavy (non-hydrogen) atoms. The number of benzene rings is 2. The Morgan fingerprint density at radius 3 is 2.15 bits per heavy atom. The van der Waals surface area contributed by atoms with Gasteiger partial charge in [0.05, 0.1) is 6.42 Å². The molecule has 0 saturated heterocycles. The summed E-state index contributed by atoms with van der Waals surface area (Å²) in [6, 6.07) is 21.8. The Labute approximate surface area is 118 Å². The first-order valence-electron chi connectivity index (χ1n) is 6.64. The van der Waals surface area contributed by atoms with E-state index in [0.29, 0.717) is 6.42 Å². The zero-order valence-electron chi connectivity index (χ0n) is 11.0. The van der Waals surface area contributed by atoms with Gasteiger partial charge in [-0.2, -0.15) is 0 Å². The lowest BCUT2D eigenvalue weighted by atomic mass is 10.0. The third kappa shape index (κ3) is 2.69. The predicted molar refractivity (Wildman–Crippen MR) is 80.7 cm³/mol. The van der Waals surface area contributed by atoms with Gasteiger partial charge in [-0.3, -0.25) is 4.79 Å². The van der Waals surface area contributed by atoms with Crippen LogP contribution >= 0.6 is 0 Å². The molecule has 98 valence electrons. The quantitative estimate of drug-likeness (QED) is 0.704. The van der Waals surface area contributed by atoms with Crippen molar-refractivity contribution >= 4 is 5.78 Å². The maximum absolute atomic E-state index is 12.1. The summed E-state index contributed by atoms with van der Waals surface area (Å²) in [6.45, 7) is 0. The summed E-state index contributed by atoms with van der Waals surface area (Å²) in [7, 11) is 0. The van der Waals surface area contributed by atoms with E-state index in [-0.39, 0.29) is 5.78 Å². The molecule has 0 saturated carbocycles. The van der Waals surface area contributed by atoms with Crippen LogP contribution in [0.2, 0.25) is 0 Å². The number of rotatable bonds is 4. The number of Topliss-reactive ketones (excluding diaryl/α,β-unsaturated/α-hetero) is 1. The Morgan fingerprint density at radius 2 is 1.50 bits per heavy atom. The molecule has 0 bridgehead atoms. The second kappa shape index (κ2) is 5.57. The van der Waals surface area contributed by atoms with Crippen molar-refractivity contribution < 1.29 is 4.79 Å². The Kier molecular flexibility index (Phi) is 3.46. The van der Waals surface area contributed by atoms with Crippen LogP contribution in [0.25, 0.3) is 11.1 Å². The maximum atomic E-state index is 12.1. The zero-order valence-corrected chi connectivity index (χ0v) is 11.0. The molecule has 0 radical (unpaired) electrons. The number of hydrogen-bond acceptors (Lipinski definition) is 1. The van der Waals surface area contributed by atoms with Crippen LogP contribution in [0.5, 0.6) is 0 Å². The van der Waals surface area contributed by atoms with Crippen molar-refractivity contribution in [1.82, 2.24) is 4.98 Å². The van der Waals surface area contributed by atoms with Crippen LogP contribution in [-0.2, 0) is 6.42 Å². The van der Waals surface area contributed by atoms with Gasteiger partial charge in [-0.15, -0.1) is 0 Å². The molecule has 2 aromatic carbocycles. The fourth-order valence-corrected chi connectivity index (χ4v) is 2.23. The SMILES string of the molecule is O=C(Cc1ccc[nH]1)c1ccc(-c2ccccc2)cc1. The molecule has 0 aliphatic rings. The maximum Gasteiger partial charge on any atom is 0.168 e. The molecule has 2 heteroatoms. The van der Waals surface area contributed by atoms with Crippen LogP contribution in [0.1, 0.15) is 16.1 Å². The second-order valence-electron chi connectivity index (χ2n) is 4.74. The fraction of sp³-hybridized carbons (Fsp3) is 0.0556. The van der Waals surface area contributed by atoms with Gasteiger partial charge in [-0.1, -0.05) is 54.6 Å². The minimum absolute atomic E-state index is 0.132. The van der Waals surface area contributed by atoms with E-state index in [4.69, 9.17) is 0 Å². The van der Waals surface area contributed by atoms with Crippen molar-refractivity contribution in [3.8, 4) is 11.1 Å². The molecule has 0 amide bonds. The minimum Gasteiger partial charge on any atom is -0.365 e. The molecule has 3 aromatic rings. The molecule has 0 atom stereocenters. The lowest BCUT2D eigenvalue weighted by molar-refractivity contribution is 0.0992. The van der Waals surface area contributed by atoms with Crippen molar-refractivity contribution in [3.63, 3.8) is 0 Å². The molecule has 0 unspecified atom stereocenters. The molecular formula is C18H15NO. The van der Waals surface area contributed by atoms with Gasteiger partial charge in [0.1, 0.15) is 0 Å². The van der Waals surface area contributed by atoms with Gasteiger partial charge in [0, 0.05) is 17.5 Å². The van der Waals surface area contributed by atoms with Crippen LogP contribution in [0.3, 0.4) is 0 Å². The first kappa shape index (κ1) is 12.4. The lowest BCUT2D eigenvalue weighted by Crippen LogP contribution is -2.03. The highest BCUT2D eigenvalue weighted by atomic mass is 16.1. The minimum atomic E-state index is 0.132. The van der Waals surface area contributed by atoms with E-state index in [9.17, 15) is 4.79 Å². The number of aromatic nitrogens is 1. The average Bonchev–Trinajstić information content (AvgIpc) is 3.01. The van der Waals surface area contributed by atoms with E-state index in [1.54, 1.807) is 0 Å². The Morgan fingerprint density at radius 1 is 0.800 bits per heavy atom. The second-order valence-corrected chi connectivity index (χ2v) is 4.74. The summed E-state index contributed by atoms with van der Waals surface area (Å²) in [5.74, 6) is 0.132. The standard InChI is InChI=1S/C18H15NO/c20-18(13-17-7-4-12-19-17)16-10-8-15(9-11-16)14-5-2-1-3-6-14/h1-12,19H,13H2. The van der Waals surface area contributed by atoms with Gasteiger partial charge in [0.25, 0.3) is 0 Å². The number of H-pyrrole nitrogens is 1. The summed E-state index contributed by atoms with van der Waals surface area (Å²) in [5, 5.41) is 0. The van der Waals surface area contributed by atoms with Gasteiger partial charge in [0.15, 0.2) is 5.78 Å². The lowest BCUT2D eigenvalue weighted by Gasteiger charge is -2.04. The largest absolute Gasteiger partial charge is 0.365 e. The number of ketones is 1. The Hall–Kier alpha value is -2.61. The van der Waals surface area contributed by atoms with Crippen LogP contribution in [0.15, 0.2) is 72.9 Å². The van der Waals surface area contributed by atoms with Gasteiger partial charge < -0.3 is 4.98 Å². The summed E-state index contributed by atoms with van der Waals surface area (Å²) in [4.78, 5) is 15.2. The van der Waals surface area contributed by atoms with Crippen LogP contribution < -0.4 is 0 Å². The van der Waals surface area contributed by atoms with E-state index >= 15 is 0 Å². The summed E-state index contributed by atoms with van der Waals surface area (Å²) in [6.07, 6.45) is 2.25. The van der Waals surface area contributed by atoms with Gasteiger partial charge in [-0.25, -0.2) is 0 Å². The molecule has 0 fully saturated rings. The predicted octanol–water partition coefficient (Wildman–Crippen LogP) is 4.11. The number of carbonyl (C=O) groups is 1. The average molecular weight is 261 g/mol. The molecule has 1 aromatic heterocycles. The summed E-state index contributed by atoms with van der Waals surface area (Å²) < 4.78 is 0. The number of hydrogen-bond donors (Lipinski definition) is 1. The molecule has 3 rings (SSSR count). The fourth-order valence-electron chi connectivity index (χ4n) is 2.23. The first-order chi connectivity index (χ1) is 9.83. The molecule has 0 aliphatic heterocycles. The Bertz CT molecular complexity index is 682. The zero-order chi connectivity index (χ0) is 13.8. The van der Waals surface area contributed by atoms with Gasteiger partial charge in [0.2, 0.25) is 0 Å². The molecular weight excluding hydrogens is 246 g/mol. The molecule has 0 spiro atoms. The van der Waals surface area contributed by atoms with Crippen molar-refractivity contribution in [1.29, 1.82) is 0 Å². The highest BCUT2D eigenvalue weighted by Crippen LogP contribution is 2.19. The molecule has 1 heterocycles. The first-order valence-corrected chi connectivity index (χ1v) is 6.64. The van der Waals surface area contributed by atoms with E-state index in [0.717, 1.165) is 22.4 Å². The van der Waals surface area contributed by atoms with Gasteiger partial charge >= 0.3 is 0 Å². The van der Waals surface area contributed by atoms with Crippen LogP contribution in [0.4, 0.5) is 0 Å². The molecule has 1 N–H and O–H groups in total. The van der Waals surface area contributed by atoms with E-state index in [1.165, 1.54) is 0 Å². The normalized spacial score (nSPS) is 10.4. The highest BCUT2D eigenvalue weighted by molar-refractivity contribution is 5.97. The van der Waals surface area contributed by atoms with Crippen molar-refractivity contribution in [2.75, 3.05) is 0 Å². The van der Waals surface area contributed by atoms with E-state index in [1.807, 2.05) is 60.8 Å².